The quantitative estimate of drug-likeness (QED) is 0.493. The highest BCUT2D eigenvalue weighted by molar-refractivity contribution is 5.94. The van der Waals surface area contributed by atoms with E-state index in [2.05, 4.69) is 19.2 Å². The topological polar surface area (TPSA) is 64.6 Å². The molecule has 1 atom stereocenters. The zero-order chi connectivity index (χ0) is 22.2. The Bertz CT molecular complexity index is 588. The molecule has 1 fully saturated rings. The van der Waals surface area contributed by atoms with Crippen molar-refractivity contribution in [2.24, 2.45) is 11.8 Å². The van der Waals surface area contributed by atoms with Crippen LogP contribution in [0.2, 0.25) is 0 Å². The molecule has 1 amide bonds. The van der Waals surface area contributed by atoms with Gasteiger partial charge in [-0.2, -0.15) is 0 Å². The summed E-state index contributed by atoms with van der Waals surface area (Å²) in [6, 6.07) is 9.14. The Labute approximate surface area is 184 Å². The summed E-state index contributed by atoms with van der Waals surface area (Å²) < 4.78 is 10.7. The van der Waals surface area contributed by atoms with Crippen LogP contribution in [-0.2, 0) is 14.3 Å². The van der Waals surface area contributed by atoms with Crippen LogP contribution in [0.15, 0.2) is 30.3 Å². The van der Waals surface area contributed by atoms with Crippen LogP contribution in [0.5, 0.6) is 0 Å². The highest BCUT2D eigenvalue weighted by Gasteiger charge is 2.24. The molecule has 1 aliphatic carbocycles. The minimum atomic E-state index is -0.0716. The lowest BCUT2D eigenvalue weighted by molar-refractivity contribution is -0.127. The number of benzene rings is 1. The average Bonchev–Trinajstić information content (AvgIpc) is 2.78. The van der Waals surface area contributed by atoms with Crippen LogP contribution in [0.3, 0.4) is 0 Å². The number of hydrogen-bond donors (Lipinski definition) is 1. The summed E-state index contributed by atoms with van der Waals surface area (Å²) in [6.07, 6.45) is 7.43. The van der Waals surface area contributed by atoms with Gasteiger partial charge in [-0.15, -0.1) is 0 Å². The summed E-state index contributed by atoms with van der Waals surface area (Å²) in [5.74, 6) is 1.16. The molecule has 172 valence electrons. The van der Waals surface area contributed by atoms with Gasteiger partial charge in [0, 0.05) is 25.4 Å². The van der Waals surface area contributed by atoms with Gasteiger partial charge >= 0.3 is 0 Å². The van der Waals surface area contributed by atoms with Crippen molar-refractivity contribution in [2.75, 3.05) is 26.4 Å². The number of rotatable bonds is 11. The fraction of sp³-hybridized carbons (Fsp3) is 0.680. The van der Waals surface area contributed by atoms with E-state index in [1.165, 1.54) is 19.3 Å². The van der Waals surface area contributed by atoms with Gasteiger partial charge in [0.15, 0.2) is 0 Å². The van der Waals surface area contributed by atoms with Crippen molar-refractivity contribution in [3.63, 3.8) is 0 Å². The highest BCUT2D eigenvalue weighted by Crippen LogP contribution is 2.27. The zero-order valence-electron chi connectivity index (χ0n) is 19.3. The average molecular weight is 422 g/mol. The highest BCUT2D eigenvalue weighted by atomic mass is 16.5. The minimum absolute atomic E-state index is 0. The number of carbonyl (C=O) groups is 2. The first kappa shape index (κ1) is 26.3. The number of carbonyl (C=O) groups excluding carboxylic acids is 2. The lowest BCUT2D eigenvalue weighted by atomic mass is 9.81. The normalized spacial score (nSPS) is 15.2. The largest absolute Gasteiger partial charge is 0.377 e. The first-order valence-corrected chi connectivity index (χ1v) is 11.5. The number of hydrogen-bond acceptors (Lipinski definition) is 4. The van der Waals surface area contributed by atoms with Gasteiger partial charge in [-0.25, -0.2) is 0 Å². The second kappa shape index (κ2) is 16.0. The van der Waals surface area contributed by atoms with E-state index in [0.29, 0.717) is 49.5 Å². The van der Waals surface area contributed by atoms with Crippen LogP contribution < -0.4 is 5.32 Å². The Hall–Kier alpha value is -1.72. The maximum absolute atomic E-state index is 11.7. The van der Waals surface area contributed by atoms with E-state index in [-0.39, 0.29) is 13.4 Å². The first-order chi connectivity index (χ1) is 14.5. The van der Waals surface area contributed by atoms with Crippen LogP contribution in [-0.4, -0.2) is 44.2 Å². The molecule has 1 aromatic rings. The molecule has 0 saturated heterocycles. The van der Waals surface area contributed by atoms with Gasteiger partial charge in [-0.05, 0) is 45.2 Å². The van der Waals surface area contributed by atoms with E-state index in [9.17, 15) is 9.59 Å². The standard InChI is InChI=1S/C14H21NO3.C11H20O.H2/c1-12(2)18-11-10-17-9-8-15-14(16)13-6-4-3-5-7-13;1-3-9(2)11(12)10-7-5-4-6-8-10;/h3-7,12H,8-11H2,1-2H3,(H,15,16);9-10H,3-8H2,1-2H3;1H. The Morgan fingerprint density at radius 1 is 1.03 bits per heavy atom. The summed E-state index contributed by atoms with van der Waals surface area (Å²) in [6.45, 7) is 10.3. The molecule has 1 unspecified atom stereocenters. The van der Waals surface area contributed by atoms with Crippen LogP contribution in [0.1, 0.15) is 78.0 Å². The van der Waals surface area contributed by atoms with Crippen molar-refractivity contribution in [3.05, 3.63) is 35.9 Å². The smallest absolute Gasteiger partial charge is 0.251 e. The van der Waals surface area contributed by atoms with E-state index < -0.39 is 0 Å². The monoisotopic (exact) mass is 421 g/mol. The van der Waals surface area contributed by atoms with Crippen LogP contribution in [0.25, 0.3) is 0 Å². The molecule has 1 N–H and O–H groups in total. The van der Waals surface area contributed by atoms with Crippen LogP contribution in [0.4, 0.5) is 0 Å². The summed E-state index contributed by atoms with van der Waals surface area (Å²) >= 11 is 0. The fourth-order valence-electron chi connectivity index (χ4n) is 3.36. The van der Waals surface area contributed by atoms with Gasteiger partial charge in [0.2, 0.25) is 0 Å². The van der Waals surface area contributed by atoms with Crippen molar-refractivity contribution in [1.82, 2.24) is 5.32 Å². The minimum Gasteiger partial charge on any atom is -0.377 e. The van der Waals surface area contributed by atoms with Crippen LogP contribution >= 0.6 is 0 Å². The Morgan fingerprint density at radius 3 is 2.30 bits per heavy atom. The third-order valence-electron chi connectivity index (χ3n) is 5.35. The number of ketones is 1. The summed E-state index contributed by atoms with van der Waals surface area (Å²) in [7, 11) is 0. The number of nitrogens with one attached hydrogen (secondary N) is 1. The molecule has 0 bridgehead atoms. The van der Waals surface area contributed by atoms with E-state index in [4.69, 9.17) is 9.47 Å². The molecule has 5 nitrogen and oxygen atoms in total. The molecule has 0 spiro atoms. The van der Waals surface area contributed by atoms with E-state index in [1.54, 1.807) is 12.1 Å². The lowest BCUT2D eigenvalue weighted by Crippen LogP contribution is -2.27. The summed E-state index contributed by atoms with van der Waals surface area (Å²) in [4.78, 5) is 23.4. The maximum atomic E-state index is 11.7. The van der Waals surface area contributed by atoms with Gasteiger partial charge in [0.05, 0.1) is 25.9 Å². The van der Waals surface area contributed by atoms with Gasteiger partial charge in [-0.1, -0.05) is 51.3 Å². The molecule has 1 aromatic carbocycles. The Kier molecular flexibility index (Phi) is 14.1. The van der Waals surface area contributed by atoms with E-state index in [0.717, 1.165) is 19.3 Å². The summed E-state index contributed by atoms with van der Waals surface area (Å²) in [5.41, 5.74) is 0.667. The SMILES string of the molecule is CC(C)OCCOCCNC(=O)c1ccccc1.CCC(C)C(=O)C1CCCCC1.[HH]. The molecule has 0 aromatic heterocycles. The van der Waals surface area contributed by atoms with E-state index >= 15 is 0 Å². The molecule has 0 heterocycles. The number of amides is 1. The summed E-state index contributed by atoms with van der Waals surface area (Å²) in [5, 5.41) is 2.79. The number of Topliss-reactive ketones (excluding diaryl/α,β-unsaturated/α-hetero) is 1. The molecular weight excluding hydrogens is 378 g/mol. The molecule has 1 aliphatic rings. The first-order valence-electron chi connectivity index (χ1n) is 11.5. The van der Waals surface area contributed by atoms with Gasteiger partial charge in [0.25, 0.3) is 5.91 Å². The molecule has 0 aliphatic heterocycles. The van der Waals surface area contributed by atoms with Gasteiger partial charge in [0.1, 0.15) is 5.78 Å². The number of ether oxygens (including phenoxy) is 2. The van der Waals surface area contributed by atoms with E-state index in [1.807, 2.05) is 32.0 Å². The Balaban J connectivity index is 0.000000605. The van der Waals surface area contributed by atoms with Crippen molar-refractivity contribution in [3.8, 4) is 0 Å². The van der Waals surface area contributed by atoms with Crippen LogP contribution in [0, 0.1) is 11.8 Å². The molecule has 2 rings (SSSR count). The van der Waals surface area contributed by atoms with Crippen molar-refractivity contribution in [1.29, 1.82) is 0 Å². The van der Waals surface area contributed by atoms with Crippen molar-refractivity contribution in [2.45, 2.75) is 72.3 Å². The predicted octanol–water partition coefficient (Wildman–Crippen LogP) is 5.29. The zero-order valence-corrected chi connectivity index (χ0v) is 19.3. The van der Waals surface area contributed by atoms with Gasteiger partial charge in [-0.3, -0.25) is 9.59 Å². The second-order valence-electron chi connectivity index (χ2n) is 8.20. The lowest BCUT2D eigenvalue weighted by Gasteiger charge is -2.22. The Morgan fingerprint density at radius 2 is 1.70 bits per heavy atom. The fourth-order valence-corrected chi connectivity index (χ4v) is 3.36. The van der Waals surface area contributed by atoms with Crippen molar-refractivity contribution < 1.29 is 20.5 Å². The molecule has 5 heteroatoms. The third kappa shape index (κ3) is 11.5. The molecule has 30 heavy (non-hydrogen) atoms. The predicted molar refractivity (Wildman–Crippen MR) is 124 cm³/mol. The second-order valence-corrected chi connectivity index (χ2v) is 8.20. The molecule has 0 radical (unpaired) electrons. The molecule has 1 saturated carbocycles. The third-order valence-corrected chi connectivity index (χ3v) is 5.35. The molecular formula is C25H43NO4. The van der Waals surface area contributed by atoms with Crippen molar-refractivity contribution >= 4 is 11.7 Å². The maximum Gasteiger partial charge on any atom is 0.251 e. The van der Waals surface area contributed by atoms with Gasteiger partial charge < -0.3 is 14.8 Å².